The van der Waals surface area contributed by atoms with Crippen LogP contribution in [0, 0.1) is 0 Å². The second-order valence-electron chi connectivity index (χ2n) is 9.65. The van der Waals surface area contributed by atoms with Crippen LogP contribution in [0.4, 0.5) is 14.4 Å². The van der Waals surface area contributed by atoms with E-state index >= 15 is 0 Å². The normalized spacial score (nSPS) is 11.3. The molecule has 1 aromatic rings. The lowest BCUT2D eigenvalue weighted by Gasteiger charge is -2.22. The summed E-state index contributed by atoms with van der Waals surface area (Å²) >= 11 is 0. The van der Waals surface area contributed by atoms with E-state index < -0.39 is 54.1 Å². The number of methoxy groups -OCH3 is 2. The van der Waals surface area contributed by atoms with Crippen LogP contribution >= 0.6 is 0 Å². The molecular formula is C26H38N2O11. The van der Waals surface area contributed by atoms with Crippen molar-refractivity contribution in [2.75, 3.05) is 20.8 Å². The maximum absolute atomic E-state index is 11.7. The fourth-order valence-electron chi connectivity index (χ4n) is 2.27. The minimum Gasteiger partial charge on any atom is -0.467 e. The molecule has 1 aromatic carbocycles. The van der Waals surface area contributed by atoms with Gasteiger partial charge in [0, 0.05) is 0 Å². The Hall–Kier alpha value is -4.29. The highest BCUT2D eigenvalue weighted by Crippen LogP contribution is 2.08. The fraction of sp³-hybridized carbons (Fsp3) is 0.500. The molecule has 0 heterocycles. The minimum absolute atomic E-state index is 0.0298. The SMILES string of the molecule is C=C(NC(=O)OC(C)(C)C)C(=O)OC.COC(=O)C(COC(=O)OCc1ccccc1)NC(=O)OC(C)(C)C. The van der Waals surface area contributed by atoms with E-state index in [4.69, 9.17) is 18.9 Å². The van der Waals surface area contributed by atoms with Gasteiger partial charge in [-0.3, -0.25) is 5.32 Å². The first-order chi connectivity index (χ1) is 18.0. The smallest absolute Gasteiger partial charge is 0.467 e. The van der Waals surface area contributed by atoms with Gasteiger partial charge in [-0.2, -0.15) is 0 Å². The first kappa shape index (κ1) is 34.7. The summed E-state index contributed by atoms with van der Waals surface area (Å²) in [5.41, 5.74) is -0.710. The second kappa shape index (κ2) is 16.5. The standard InChI is InChI=1S/C17H23NO7.C9H15NO4/c1-17(2,3)25-15(20)18-13(14(19)22-4)11-24-16(21)23-10-12-8-6-5-7-9-12;1-6(7(11)13-5)10-8(12)14-9(2,3)4/h5-9,13H,10-11H2,1-4H3,(H,18,20);1H2,2-5H3,(H,10,12). The van der Waals surface area contributed by atoms with Gasteiger partial charge in [-0.15, -0.1) is 0 Å². The van der Waals surface area contributed by atoms with Crippen molar-refractivity contribution >= 4 is 30.3 Å². The zero-order valence-corrected chi connectivity index (χ0v) is 23.6. The van der Waals surface area contributed by atoms with Gasteiger partial charge < -0.3 is 33.7 Å². The van der Waals surface area contributed by atoms with Crippen LogP contribution in [0.3, 0.4) is 0 Å². The van der Waals surface area contributed by atoms with Crippen LogP contribution in [0.25, 0.3) is 0 Å². The summed E-state index contributed by atoms with van der Waals surface area (Å²) in [6.07, 6.45) is -2.53. The molecule has 0 fully saturated rings. The first-order valence-electron chi connectivity index (χ1n) is 11.7. The number of carbonyl (C=O) groups is 5. The van der Waals surface area contributed by atoms with Gasteiger partial charge >= 0.3 is 30.3 Å². The van der Waals surface area contributed by atoms with Crippen LogP contribution in [-0.4, -0.2) is 68.4 Å². The Kier molecular flexibility index (Phi) is 14.7. The Labute approximate surface area is 228 Å². The Morgan fingerprint density at radius 3 is 1.85 bits per heavy atom. The van der Waals surface area contributed by atoms with Gasteiger partial charge in [0.2, 0.25) is 0 Å². The molecule has 1 rings (SSSR count). The van der Waals surface area contributed by atoms with Crippen molar-refractivity contribution in [3.8, 4) is 0 Å². The van der Waals surface area contributed by atoms with Crippen molar-refractivity contribution in [2.24, 2.45) is 0 Å². The third kappa shape index (κ3) is 17.7. The molecule has 13 heteroatoms. The maximum atomic E-state index is 11.7. The summed E-state index contributed by atoms with van der Waals surface area (Å²) in [5, 5.41) is 4.44. The molecule has 0 aliphatic rings. The van der Waals surface area contributed by atoms with Crippen molar-refractivity contribution in [1.82, 2.24) is 10.6 Å². The van der Waals surface area contributed by atoms with E-state index in [1.165, 1.54) is 7.11 Å². The quantitative estimate of drug-likeness (QED) is 0.274. The highest BCUT2D eigenvalue weighted by atomic mass is 16.7. The summed E-state index contributed by atoms with van der Waals surface area (Å²) in [7, 11) is 2.35. The van der Waals surface area contributed by atoms with Crippen LogP contribution in [-0.2, 0) is 44.6 Å². The molecule has 0 aromatic heterocycles. The molecule has 13 nitrogen and oxygen atoms in total. The van der Waals surface area contributed by atoms with E-state index in [-0.39, 0.29) is 12.3 Å². The van der Waals surface area contributed by atoms with E-state index in [0.29, 0.717) is 0 Å². The maximum Gasteiger partial charge on any atom is 0.508 e. The van der Waals surface area contributed by atoms with Gasteiger partial charge in [0.1, 0.15) is 30.1 Å². The van der Waals surface area contributed by atoms with Crippen molar-refractivity contribution in [3.63, 3.8) is 0 Å². The Morgan fingerprint density at radius 1 is 0.821 bits per heavy atom. The van der Waals surface area contributed by atoms with Crippen molar-refractivity contribution in [3.05, 3.63) is 48.2 Å². The average Bonchev–Trinajstić information content (AvgIpc) is 2.82. The van der Waals surface area contributed by atoms with Gasteiger partial charge in [0.15, 0.2) is 6.04 Å². The van der Waals surface area contributed by atoms with Gasteiger partial charge in [-0.1, -0.05) is 36.9 Å². The van der Waals surface area contributed by atoms with Gasteiger partial charge in [0.25, 0.3) is 0 Å². The largest absolute Gasteiger partial charge is 0.508 e. The number of esters is 2. The minimum atomic E-state index is -1.20. The number of hydrogen-bond donors (Lipinski definition) is 2. The monoisotopic (exact) mass is 554 g/mol. The molecule has 2 N–H and O–H groups in total. The summed E-state index contributed by atoms with van der Waals surface area (Å²) < 4.78 is 28.6. The lowest BCUT2D eigenvalue weighted by atomic mass is 10.2. The molecule has 0 saturated carbocycles. The Bertz CT molecular complexity index is 980. The number of benzene rings is 1. The predicted octanol–water partition coefficient (Wildman–Crippen LogP) is 3.60. The third-order valence-electron chi connectivity index (χ3n) is 3.83. The average molecular weight is 555 g/mol. The number of amides is 2. The third-order valence-corrected chi connectivity index (χ3v) is 3.83. The topological polar surface area (TPSA) is 165 Å². The molecule has 218 valence electrons. The molecular weight excluding hydrogens is 516 g/mol. The summed E-state index contributed by atoms with van der Waals surface area (Å²) in [5.74, 6) is -1.47. The number of nitrogens with one attached hydrogen (secondary N) is 2. The van der Waals surface area contributed by atoms with E-state index in [1.54, 1.807) is 53.7 Å². The summed E-state index contributed by atoms with van der Waals surface area (Å²) in [4.78, 5) is 56.9. The lowest BCUT2D eigenvalue weighted by molar-refractivity contribution is -0.144. The van der Waals surface area contributed by atoms with E-state index in [9.17, 15) is 24.0 Å². The summed E-state index contributed by atoms with van der Waals surface area (Å²) in [6, 6.07) is 7.82. The first-order valence-corrected chi connectivity index (χ1v) is 11.7. The molecule has 39 heavy (non-hydrogen) atoms. The zero-order chi connectivity index (χ0) is 30.2. The number of rotatable bonds is 8. The Morgan fingerprint density at radius 2 is 1.36 bits per heavy atom. The zero-order valence-electron chi connectivity index (χ0n) is 23.6. The number of ether oxygens (including phenoxy) is 6. The lowest BCUT2D eigenvalue weighted by Crippen LogP contribution is -2.47. The van der Waals surface area contributed by atoms with Crippen molar-refractivity contribution in [2.45, 2.75) is 65.4 Å². The number of hydrogen-bond acceptors (Lipinski definition) is 11. The molecule has 0 aliphatic carbocycles. The molecule has 0 saturated heterocycles. The molecule has 1 unspecified atom stereocenters. The van der Waals surface area contributed by atoms with Gasteiger partial charge in [-0.05, 0) is 47.1 Å². The molecule has 2 amide bonds. The van der Waals surface area contributed by atoms with E-state index in [2.05, 4.69) is 26.7 Å². The Balaban J connectivity index is 0.000000876. The molecule has 1 atom stereocenters. The van der Waals surface area contributed by atoms with Gasteiger partial charge in [0.05, 0.1) is 14.2 Å². The molecule has 0 spiro atoms. The molecule has 0 bridgehead atoms. The van der Waals surface area contributed by atoms with Crippen molar-refractivity contribution < 1.29 is 52.4 Å². The summed E-state index contributed by atoms with van der Waals surface area (Å²) in [6.45, 7) is 13.1. The molecule has 0 radical (unpaired) electrons. The van der Waals surface area contributed by atoms with Crippen molar-refractivity contribution in [1.29, 1.82) is 0 Å². The number of carbonyl (C=O) groups excluding carboxylic acids is 5. The fourth-order valence-corrected chi connectivity index (χ4v) is 2.27. The van der Waals surface area contributed by atoms with Crippen LogP contribution in [0.15, 0.2) is 42.6 Å². The highest BCUT2D eigenvalue weighted by molar-refractivity contribution is 5.91. The predicted molar refractivity (Wildman–Crippen MR) is 138 cm³/mol. The van der Waals surface area contributed by atoms with Crippen LogP contribution in [0.2, 0.25) is 0 Å². The van der Waals surface area contributed by atoms with Crippen LogP contribution in [0.5, 0.6) is 0 Å². The van der Waals surface area contributed by atoms with Crippen LogP contribution < -0.4 is 10.6 Å². The van der Waals surface area contributed by atoms with Gasteiger partial charge in [-0.25, -0.2) is 24.0 Å². The highest BCUT2D eigenvalue weighted by Gasteiger charge is 2.26. The van der Waals surface area contributed by atoms with Crippen LogP contribution in [0.1, 0.15) is 47.1 Å². The second-order valence-corrected chi connectivity index (χ2v) is 9.65. The van der Waals surface area contributed by atoms with E-state index in [1.807, 2.05) is 18.2 Å². The van der Waals surface area contributed by atoms with E-state index in [0.717, 1.165) is 12.7 Å². The molecule has 0 aliphatic heterocycles. The number of alkyl carbamates (subject to hydrolysis) is 2.